The maximum absolute atomic E-state index is 12.7. The molecule has 0 saturated carbocycles. The van der Waals surface area contributed by atoms with Crippen LogP contribution in [0.4, 0.5) is 0 Å². The van der Waals surface area contributed by atoms with E-state index in [0.29, 0.717) is 24.6 Å². The van der Waals surface area contributed by atoms with Crippen molar-refractivity contribution < 1.29 is 23.1 Å². The Kier molecular flexibility index (Phi) is 5.32. The summed E-state index contributed by atoms with van der Waals surface area (Å²) in [5.74, 6) is -0.817. The zero-order chi connectivity index (χ0) is 19.6. The molecule has 1 N–H and O–H groups in total. The van der Waals surface area contributed by atoms with Crippen molar-refractivity contribution in [2.45, 2.75) is 17.7 Å². The van der Waals surface area contributed by atoms with E-state index < -0.39 is 15.8 Å². The van der Waals surface area contributed by atoms with Crippen molar-refractivity contribution in [1.29, 1.82) is 0 Å². The van der Waals surface area contributed by atoms with Gasteiger partial charge in [-0.1, -0.05) is 18.2 Å². The van der Waals surface area contributed by atoms with Crippen molar-refractivity contribution >= 4 is 21.7 Å². The maximum Gasteiger partial charge on any atom is 0.335 e. The van der Waals surface area contributed by atoms with Gasteiger partial charge < -0.3 is 10.0 Å². The molecule has 2 aromatic rings. The van der Waals surface area contributed by atoms with Crippen LogP contribution >= 0.6 is 0 Å². The van der Waals surface area contributed by atoms with Gasteiger partial charge in [0.25, 0.3) is 5.91 Å². The second-order valence-corrected chi connectivity index (χ2v) is 8.93. The van der Waals surface area contributed by atoms with Gasteiger partial charge in [0, 0.05) is 24.9 Å². The van der Waals surface area contributed by atoms with E-state index >= 15 is 0 Å². The third-order valence-corrected chi connectivity index (χ3v) is 5.92. The molecule has 1 aliphatic heterocycles. The fraction of sp³-hybridized carbons (Fsp3) is 0.300. The summed E-state index contributed by atoms with van der Waals surface area (Å²) in [5.41, 5.74) is 1.68. The molecule has 0 aromatic heterocycles. The van der Waals surface area contributed by atoms with Gasteiger partial charge in [-0.05, 0) is 54.7 Å². The molecule has 1 aliphatic rings. The molecule has 0 spiro atoms. The Morgan fingerprint density at radius 2 is 1.81 bits per heavy atom. The first-order valence-electron chi connectivity index (χ1n) is 8.65. The Labute approximate surface area is 158 Å². The Morgan fingerprint density at radius 3 is 2.44 bits per heavy atom. The van der Waals surface area contributed by atoms with Gasteiger partial charge in [-0.3, -0.25) is 4.79 Å². The molecule has 6 nitrogen and oxygen atoms in total. The number of carboxylic acids is 1. The molecule has 1 saturated heterocycles. The van der Waals surface area contributed by atoms with E-state index in [4.69, 9.17) is 5.11 Å². The van der Waals surface area contributed by atoms with E-state index in [1.807, 2.05) is 12.1 Å². The first-order chi connectivity index (χ1) is 12.7. The van der Waals surface area contributed by atoms with E-state index in [0.717, 1.165) is 24.7 Å². The van der Waals surface area contributed by atoms with Crippen molar-refractivity contribution in [3.8, 4) is 0 Å². The fourth-order valence-electron chi connectivity index (χ4n) is 3.34. The van der Waals surface area contributed by atoms with Crippen LogP contribution in [0.5, 0.6) is 0 Å². The summed E-state index contributed by atoms with van der Waals surface area (Å²) in [7, 11) is -3.36. The summed E-state index contributed by atoms with van der Waals surface area (Å²) in [5, 5.41) is 8.95. The van der Waals surface area contributed by atoms with Gasteiger partial charge in [-0.2, -0.15) is 0 Å². The minimum absolute atomic E-state index is 0.141. The molecule has 2 aromatic carbocycles. The molecule has 1 fully saturated rings. The molecule has 7 heteroatoms. The van der Waals surface area contributed by atoms with E-state index in [1.165, 1.54) is 12.1 Å². The van der Waals surface area contributed by atoms with Crippen LogP contribution in [-0.4, -0.2) is 49.6 Å². The van der Waals surface area contributed by atoms with Crippen molar-refractivity contribution in [1.82, 2.24) is 4.90 Å². The Morgan fingerprint density at radius 1 is 1.11 bits per heavy atom. The van der Waals surface area contributed by atoms with Gasteiger partial charge in [-0.25, -0.2) is 13.2 Å². The van der Waals surface area contributed by atoms with Crippen LogP contribution in [0.15, 0.2) is 53.4 Å². The van der Waals surface area contributed by atoms with E-state index in [1.54, 1.807) is 29.2 Å². The molecule has 1 amide bonds. The van der Waals surface area contributed by atoms with Gasteiger partial charge in [-0.15, -0.1) is 0 Å². The summed E-state index contributed by atoms with van der Waals surface area (Å²) in [6.07, 6.45) is 2.75. The lowest BCUT2D eigenvalue weighted by Gasteiger charge is -2.17. The van der Waals surface area contributed by atoms with Gasteiger partial charge in [0.05, 0.1) is 10.5 Å². The molecular weight excluding hydrogens is 366 g/mol. The lowest BCUT2D eigenvalue weighted by atomic mass is 9.98. The van der Waals surface area contributed by atoms with Gasteiger partial charge in [0.15, 0.2) is 9.84 Å². The molecule has 0 aliphatic carbocycles. The highest BCUT2D eigenvalue weighted by molar-refractivity contribution is 7.90. The minimum atomic E-state index is -3.36. The molecule has 0 unspecified atom stereocenters. The van der Waals surface area contributed by atoms with Crippen LogP contribution in [0.2, 0.25) is 0 Å². The number of amides is 1. The monoisotopic (exact) mass is 387 g/mol. The molecule has 142 valence electrons. The topological polar surface area (TPSA) is 91.8 Å². The predicted molar refractivity (Wildman–Crippen MR) is 101 cm³/mol. The van der Waals surface area contributed by atoms with Gasteiger partial charge in [0.2, 0.25) is 0 Å². The number of nitrogens with zero attached hydrogens (tertiary/aromatic N) is 1. The normalized spacial score (nSPS) is 17.1. The second-order valence-electron chi connectivity index (χ2n) is 6.91. The predicted octanol–water partition coefficient (Wildman–Crippen LogP) is 2.49. The van der Waals surface area contributed by atoms with Gasteiger partial charge >= 0.3 is 5.97 Å². The number of carboxylic acid groups (broad SMARTS) is 1. The minimum Gasteiger partial charge on any atom is -0.478 e. The SMILES string of the molecule is CS(=O)(=O)c1cccc(C(=O)N2CC[C@@H](Cc3ccc(C(=O)O)cc3)C2)c1. The van der Waals surface area contributed by atoms with Crippen LogP contribution in [-0.2, 0) is 16.3 Å². The van der Waals surface area contributed by atoms with E-state index in [9.17, 15) is 18.0 Å². The standard InChI is InChI=1S/C20H21NO5S/c1-27(25,26)18-4-2-3-17(12-18)19(22)21-10-9-15(13-21)11-14-5-7-16(8-6-14)20(23)24/h2-8,12,15H,9-11,13H2,1H3,(H,23,24)/t15-/m0/s1. The van der Waals surface area contributed by atoms with Crippen LogP contribution in [0.3, 0.4) is 0 Å². The lowest BCUT2D eigenvalue weighted by Crippen LogP contribution is -2.29. The van der Waals surface area contributed by atoms with Crippen molar-refractivity contribution in [3.63, 3.8) is 0 Å². The Hall–Kier alpha value is -2.67. The van der Waals surface area contributed by atoms with E-state index in [2.05, 4.69) is 0 Å². The highest BCUT2D eigenvalue weighted by Crippen LogP contribution is 2.23. The average molecular weight is 387 g/mol. The highest BCUT2D eigenvalue weighted by Gasteiger charge is 2.27. The van der Waals surface area contributed by atoms with Crippen molar-refractivity contribution in [3.05, 3.63) is 65.2 Å². The number of carbonyl (C=O) groups excluding carboxylic acids is 1. The van der Waals surface area contributed by atoms with E-state index in [-0.39, 0.29) is 16.4 Å². The van der Waals surface area contributed by atoms with Crippen molar-refractivity contribution in [2.75, 3.05) is 19.3 Å². The van der Waals surface area contributed by atoms with Crippen LogP contribution in [0, 0.1) is 5.92 Å². The quantitative estimate of drug-likeness (QED) is 0.851. The number of carbonyl (C=O) groups is 2. The third-order valence-electron chi connectivity index (χ3n) is 4.81. The summed E-state index contributed by atoms with van der Waals surface area (Å²) in [6.45, 7) is 1.22. The number of sulfone groups is 1. The summed E-state index contributed by atoms with van der Waals surface area (Å²) >= 11 is 0. The smallest absolute Gasteiger partial charge is 0.335 e. The number of likely N-dealkylation sites (tertiary alicyclic amines) is 1. The maximum atomic E-state index is 12.7. The lowest BCUT2D eigenvalue weighted by molar-refractivity contribution is 0.0696. The second kappa shape index (κ2) is 7.52. The van der Waals surface area contributed by atoms with Crippen molar-refractivity contribution in [2.24, 2.45) is 5.92 Å². The molecule has 1 heterocycles. The highest BCUT2D eigenvalue weighted by atomic mass is 32.2. The molecule has 0 bridgehead atoms. The van der Waals surface area contributed by atoms with Crippen LogP contribution in [0.25, 0.3) is 0 Å². The number of rotatable bonds is 5. The molecule has 1 atom stereocenters. The Bertz CT molecular complexity index is 966. The zero-order valence-corrected chi connectivity index (χ0v) is 15.8. The number of benzene rings is 2. The number of aromatic carboxylic acids is 1. The zero-order valence-electron chi connectivity index (χ0n) is 15.0. The molecule has 27 heavy (non-hydrogen) atoms. The number of hydrogen-bond donors (Lipinski definition) is 1. The first kappa shape index (κ1) is 19.1. The summed E-state index contributed by atoms with van der Waals surface area (Å²) in [4.78, 5) is 25.5. The fourth-order valence-corrected chi connectivity index (χ4v) is 4.01. The largest absolute Gasteiger partial charge is 0.478 e. The van der Waals surface area contributed by atoms with Crippen LogP contribution in [0.1, 0.15) is 32.7 Å². The molecule has 0 radical (unpaired) electrons. The molecular formula is C20H21NO5S. The summed E-state index contributed by atoms with van der Waals surface area (Å²) < 4.78 is 23.4. The molecule has 3 rings (SSSR count). The Balaban J connectivity index is 1.65. The van der Waals surface area contributed by atoms with Crippen LogP contribution < -0.4 is 0 Å². The first-order valence-corrected chi connectivity index (χ1v) is 10.5. The third kappa shape index (κ3) is 4.54. The van der Waals surface area contributed by atoms with Gasteiger partial charge in [0.1, 0.15) is 0 Å². The summed E-state index contributed by atoms with van der Waals surface area (Å²) in [6, 6.07) is 12.9. The average Bonchev–Trinajstić information content (AvgIpc) is 3.09. The number of hydrogen-bond acceptors (Lipinski definition) is 4.